The zero-order valence-electron chi connectivity index (χ0n) is 7.75. The molecule has 0 aliphatic heterocycles. The molecule has 2 rings (SSSR count). The molecule has 0 fully saturated rings. The van der Waals surface area contributed by atoms with E-state index in [9.17, 15) is 0 Å². The fraction of sp³-hybridized carbons (Fsp3) is 0. The highest BCUT2D eigenvalue weighted by Gasteiger charge is 2.03. The highest BCUT2D eigenvalue weighted by molar-refractivity contribution is 5.59. The van der Waals surface area contributed by atoms with Crippen LogP contribution in [0.15, 0.2) is 36.9 Å². The Morgan fingerprint density at radius 2 is 2.07 bits per heavy atom. The molecule has 5 heteroatoms. The van der Waals surface area contributed by atoms with Crippen LogP contribution in [-0.4, -0.2) is 15.0 Å². The number of nitrogens with one attached hydrogen (secondary N) is 1. The minimum atomic E-state index is 0.265. The summed E-state index contributed by atoms with van der Waals surface area (Å²) in [5.41, 5.74) is 1.04. The minimum absolute atomic E-state index is 0.265. The van der Waals surface area contributed by atoms with Crippen LogP contribution in [0.1, 0.15) is 5.69 Å². The molecule has 2 aromatic rings. The summed E-state index contributed by atoms with van der Waals surface area (Å²) in [4.78, 5) is 11.9. The molecule has 0 aliphatic carbocycles. The average molecular weight is 197 g/mol. The maximum Gasteiger partial charge on any atom is 0.183 e. The van der Waals surface area contributed by atoms with Gasteiger partial charge in [-0.3, -0.25) is 4.98 Å². The zero-order valence-corrected chi connectivity index (χ0v) is 7.75. The third kappa shape index (κ3) is 2.06. The summed E-state index contributed by atoms with van der Waals surface area (Å²) in [7, 11) is 0. The lowest BCUT2D eigenvalue weighted by atomic mass is 10.4. The van der Waals surface area contributed by atoms with Gasteiger partial charge in [-0.1, -0.05) is 0 Å². The van der Waals surface area contributed by atoms with Crippen LogP contribution >= 0.6 is 0 Å². The van der Waals surface area contributed by atoms with E-state index < -0.39 is 0 Å². The first-order valence-electron chi connectivity index (χ1n) is 4.28. The monoisotopic (exact) mass is 197 g/mol. The summed E-state index contributed by atoms with van der Waals surface area (Å²) in [6, 6.07) is 5.59. The van der Waals surface area contributed by atoms with Gasteiger partial charge in [0.2, 0.25) is 0 Å². The largest absolute Gasteiger partial charge is 0.337 e. The lowest BCUT2D eigenvalue weighted by Crippen LogP contribution is -1.98. The van der Waals surface area contributed by atoms with Crippen molar-refractivity contribution in [3.63, 3.8) is 0 Å². The van der Waals surface area contributed by atoms with Crippen LogP contribution in [0.5, 0.6) is 0 Å². The normalized spacial score (nSPS) is 9.27. The fourth-order valence-corrected chi connectivity index (χ4v) is 1.08. The Kier molecular flexibility index (Phi) is 2.52. The predicted octanol–water partition coefficient (Wildman–Crippen LogP) is 1.49. The number of hydrogen-bond acceptors (Lipinski definition) is 5. The van der Waals surface area contributed by atoms with Crippen molar-refractivity contribution >= 4 is 11.5 Å². The van der Waals surface area contributed by atoms with Crippen molar-refractivity contribution in [1.82, 2.24) is 15.0 Å². The Morgan fingerprint density at radius 1 is 1.20 bits per heavy atom. The number of hydrogen-bond donors (Lipinski definition) is 1. The van der Waals surface area contributed by atoms with Gasteiger partial charge in [0.1, 0.15) is 6.07 Å². The van der Waals surface area contributed by atoms with E-state index in [0.717, 1.165) is 5.69 Å². The Labute approximate surface area is 86.5 Å². The highest BCUT2D eigenvalue weighted by atomic mass is 15.0. The van der Waals surface area contributed by atoms with Crippen LogP contribution in [-0.2, 0) is 0 Å². The quantitative estimate of drug-likeness (QED) is 0.789. The van der Waals surface area contributed by atoms with Crippen LogP contribution in [0.25, 0.3) is 0 Å². The first-order valence-corrected chi connectivity index (χ1v) is 4.28. The molecule has 15 heavy (non-hydrogen) atoms. The van der Waals surface area contributed by atoms with E-state index in [4.69, 9.17) is 5.26 Å². The van der Waals surface area contributed by atoms with Crippen molar-refractivity contribution < 1.29 is 0 Å². The van der Waals surface area contributed by atoms with Crippen molar-refractivity contribution in [2.45, 2.75) is 0 Å². The summed E-state index contributed by atoms with van der Waals surface area (Å²) in [6.45, 7) is 0. The van der Waals surface area contributed by atoms with Gasteiger partial charge >= 0.3 is 0 Å². The van der Waals surface area contributed by atoms with Crippen molar-refractivity contribution in [1.29, 1.82) is 5.26 Å². The SMILES string of the molecule is N#Cc1nccnc1Nc1cccnc1. The first kappa shape index (κ1) is 9.09. The molecule has 0 saturated heterocycles. The van der Waals surface area contributed by atoms with E-state index in [1.165, 1.54) is 12.4 Å². The molecule has 0 aliphatic rings. The van der Waals surface area contributed by atoms with Gasteiger partial charge < -0.3 is 5.32 Å². The lowest BCUT2D eigenvalue weighted by Gasteiger charge is -2.04. The number of nitrogens with zero attached hydrogens (tertiary/aromatic N) is 4. The molecule has 1 N–H and O–H groups in total. The smallest absolute Gasteiger partial charge is 0.183 e. The first-order chi connectivity index (χ1) is 7.40. The summed E-state index contributed by atoms with van der Waals surface area (Å²) in [6.07, 6.45) is 6.33. The Morgan fingerprint density at radius 3 is 2.80 bits per heavy atom. The molecule has 5 nitrogen and oxygen atoms in total. The van der Waals surface area contributed by atoms with Gasteiger partial charge in [0.05, 0.1) is 11.9 Å². The van der Waals surface area contributed by atoms with Crippen molar-refractivity contribution in [3.05, 3.63) is 42.6 Å². The van der Waals surface area contributed by atoms with Crippen LogP contribution in [0.2, 0.25) is 0 Å². The van der Waals surface area contributed by atoms with E-state index in [1.54, 1.807) is 18.5 Å². The minimum Gasteiger partial charge on any atom is -0.337 e. The molecule has 0 amide bonds. The summed E-state index contributed by atoms with van der Waals surface area (Å²) >= 11 is 0. The predicted molar refractivity (Wildman–Crippen MR) is 54.3 cm³/mol. The molecule has 72 valence electrons. The van der Waals surface area contributed by atoms with Gasteiger partial charge in [0.15, 0.2) is 11.5 Å². The van der Waals surface area contributed by atoms with E-state index in [1.807, 2.05) is 12.1 Å². The van der Waals surface area contributed by atoms with Gasteiger partial charge in [-0.2, -0.15) is 5.26 Å². The van der Waals surface area contributed by atoms with Gasteiger partial charge in [0, 0.05) is 18.6 Å². The van der Waals surface area contributed by atoms with Crippen LogP contribution in [0.4, 0.5) is 11.5 Å². The Bertz CT molecular complexity index is 489. The maximum atomic E-state index is 8.79. The van der Waals surface area contributed by atoms with E-state index in [0.29, 0.717) is 5.82 Å². The average Bonchev–Trinajstić information content (AvgIpc) is 2.31. The topological polar surface area (TPSA) is 74.5 Å². The molecule has 0 unspecified atom stereocenters. The molecule has 0 aromatic carbocycles. The Hall–Kier alpha value is -2.48. The number of pyridine rings is 1. The fourth-order valence-electron chi connectivity index (χ4n) is 1.08. The molecule has 0 radical (unpaired) electrons. The molecule has 2 heterocycles. The second-order valence-corrected chi connectivity index (χ2v) is 2.73. The molecular formula is C10H7N5. The van der Waals surface area contributed by atoms with Crippen molar-refractivity contribution in [3.8, 4) is 6.07 Å². The number of anilines is 2. The Balaban J connectivity index is 2.29. The summed E-state index contributed by atoms with van der Waals surface area (Å²) in [5.74, 6) is 0.438. The zero-order chi connectivity index (χ0) is 10.5. The number of nitriles is 1. The molecule has 0 atom stereocenters. The van der Waals surface area contributed by atoms with Crippen molar-refractivity contribution in [2.75, 3.05) is 5.32 Å². The van der Waals surface area contributed by atoms with Crippen LogP contribution in [0, 0.1) is 11.3 Å². The van der Waals surface area contributed by atoms with Crippen LogP contribution < -0.4 is 5.32 Å². The third-order valence-electron chi connectivity index (χ3n) is 1.73. The van der Waals surface area contributed by atoms with Gasteiger partial charge in [-0.15, -0.1) is 0 Å². The van der Waals surface area contributed by atoms with Gasteiger partial charge in [-0.05, 0) is 12.1 Å². The van der Waals surface area contributed by atoms with E-state index in [2.05, 4.69) is 20.3 Å². The summed E-state index contributed by atoms with van der Waals surface area (Å²) < 4.78 is 0. The maximum absolute atomic E-state index is 8.79. The van der Waals surface area contributed by atoms with Crippen LogP contribution in [0.3, 0.4) is 0 Å². The van der Waals surface area contributed by atoms with Crippen molar-refractivity contribution in [2.24, 2.45) is 0 Å². The second kappa shape index (κ2) is 4.15. The third-order valence-corrected chi connectivity index (χ3v) is 1.73. The standard InChI is InChI=1S/C10H7N5/c11-6-9-10(14-5-4-13-9)15-8-2-1-3-12-7-8/h1-5,7H,(H,14,15). The highest BCUT2D eigenvalue weighted by Crippen LogP contribution is 2.14. The molecule has 0 spiro atoms. The van der Waals surface area contributed by atoms with E-state index >= 15 is 0 Å². The molecule has 0 bridgehead atoms. The molecule has 0 saturated carbocycles. The van der Waals surface area contributed by atoms with E-state index in [-0.39, 0.29) is 5.69 Å². The number of rotatable bonds is 2. The molecular weight excluding hydrogens is 190 g/mol. The second-order valence-electron chi connectivity index (χ2n) is 2.73. The summed E-state index contributed by atoms with van der Waals surface area (Å²) in [5, 5.41) is 11.8. The van der Waals surface area contributed by atoms with Gasteiger partial charge in [0.25, 0.3) is 0 Å². The van der Waals surface area contributed by atoms with Gasteiger partial charge in [-0.25, -0.2) is 9.97 Å². The number of aromatic nitrogens is 3. The lowest BCUT2D eigenvalue weighted by molar-refractivity contribution is 1.16. The molecule has 2 aromatic heterocycles.